The average molecular weight is 418 g/mol. The minimum atomic E-state index is -0.609. The van der Waals surface area contributed by atoms with Gasteiger partial charge in [0, 0.05) is 0 Å². The Morgan fingerprint density at radius 3 is 2.77 bits per heavy atom. The van der Waals surface area contributed by atoms with Crippen LogP contribution in [-0.4, -0.2) is 29.6 Å². The number of H-pyrrole nitrogens is 1. The van der Waals surface area contributed by atoms with E-state index in [2.05, 4.69) is 26.0 Å². The van der Waals surface area contributed by atoms with Crippen LogP contribution in [0.2, 0.25) is 0 Å². The van der Waals surface area contributed by atoms with Crippen molar-refractivity contribution in [3.63, 3.8) is 0 Å². The summed E-state index contributed by atoms with van der Waals surface area (Å²) in [7, 11) is 1.55. The van der Waals surface area contributed by atoms with Crippen molar-refractivity contribution in [2.45, 2.75) is 6.92 Å². The molecule has 0 fully saturated rings. The van der Waals surface area contributed by atoms with Crippen LogP contribution in [0.25, 0.3) is 10.9 Å². The van der Waals surface area contributed by atoms with E-state index in [1.807, 2.05) is 6.92 Å². The first kappa shape index (κ1) is 17.9. The molecule has 0 unspecified atom stereocenters. The zero-order chi connectivity index (χ0) is 18.7. The Bertz CT molecular complexity index is 1100. The van der Waals surface area contributed by atoms with Crippen molar-refractivity contribution in [3.8, 4) is 11.5 Å². The number of fused-ring (bicyclic) bond motifs is 1. The molecular formula is C18H16BrN3O4. The molecule has 0 bridgehead atoms. The minimum absolute atomic E-state index is 0.384. The van der Waals surface area contributed by atoms with Gasteiger partial charge in [0.25, 0.3) is 5.56 Å². The highest BCUT2D eigenvalue weighted by Crippen LogP contribution is 2.36. The summed E-state index contributed by atoms with van der Waals surface area (Å²) in [6.07, 6.45) is 1.41. The summed E-state index contributed by atoms with van der Waals surface area (Å²) in [5, 5.41) is 4.43. The third-order valence-electron chi connectivity index (χ3n) is 3.64. The molecule has 0 saturated carbocycles. The number of halogens is 1. The van der Waals surface area contributed by atoms with Crippen LogP contribution in [0.3, 0.4) is 0 Å². The predicted molar refractivity (Wildman–Crippen MR) is 104 cm³/mol. The highest BCUT2D eigenvalue weighted by Gasteiger charge is 2.11. The SMILES string of the molecule is CCOc1cc(C=Nn2c(=O)[nH]c3ccccc3c2=O)cc(Br)c1OC. The van der Waals surface area contributed by atoms with Gasteiger partial charge in [-0.25, -0.2) is 4.79 Å². The van der Waals surface area contributed by atoms with Crippen LogP contribution in [-0.2, 0) is 0 Å². The highest BCUT2D eigenvalue weighted by molar-refractivity contribution is 9.10. The van der Waals surface area contributed by atoms with Crippen LogP contribution in [0.5, 0.6) is 11.5 Å². The summed E-state index contributed by atoms with van der Waals surface area (Å²) in [5.41, 5.74) is 0.0149. The fourth-order valence-electron chi connectivity index (χ4n) is 2.51. The standard InChI is InChI=1S/C18H16BrN3O4/c1-3-26-15-9-11(8-13(19)16(15)25-2)10-20-22-17(23)12-6-4-5-7-14(12)21-18(22)24/h4-10H,3H2,1-2H3,(H,21,24). The second-order valence-electron chi connectivity index (χ2n) is 5.30. The third-order valence-corrected chi connectivity index (χ3v) is 4.23. The van der Waals surface area contributed by atoms with E-state index < -0.39 is 11.2 Å². The molecule has 1 heterocycles. The van der Waals surface area contributed by atoms with Gasteiger partial charge in [-0.3, -0.25) is 4.79 Å². The van der Waals surface area contributed by atoms with Crippen LogP contribution >= 0.6 is 15.9 Å². The van der Waals surface area contributed by atoms with Gasteiger partial charge < -0.3 is 14.5 Å². The average Bonchev–Trinajstić information content (AvgIpc) is 2.62. The number of nitrogens with zero attached hydrogens (tertiary/aromatic N) is 2. The molecule has 134 valence electrons. The lowest BCUT2D eigenvalue weighted by Gasteiger charge is -2.11. The van der Waals surface area contributed by atoms with Gasteiger partial charge in [0.1, 0.15) is 0 Å². The molecule has 26 heavy (non-hydrogen) atoms. The third kappa shape index (κ3) is 3.41. The molecule has 0 atom stereocenters. The Morgan fingerprint density at radius 1 is 1.27 bits per heavy atom. The van der Waals surface area contributed by atoms with Gasteiger partial charge in [0.2, 0.25) is 0 Å². The van der Waals surface area contributed by atoms with E-state index in [9.17, 15) is 9.59 Å². The second-order valence-corrected chi connectivity index (χ2v) is 6.16. The fraction of sp³-hybridized carbons (Fsp3) is 0.167. The van der Waals surface area contributed by atoms with E-state index in [1.165, 1.54) is 6.21 Å². The van der Waals surface area contributed by atoms with E-state index >= 15 is 0 Å². The lowest BCUT2D eigenvalue weighted by Crippen LogP contribution is -2.32. The number of benzene rings is 2. The Morgan fingerprint density at radius 2 is 2.04 bits per heavy atom. The number of hydrogen-bond donors (Lipinski definition) is 1. The van der Waals surface area contributed by atoms with Gasteiger partial charge in [-0.05, 0) is 52.7 Å². The molecule has 8 heteroatoms. The zero-order valence-electron chi connectivity index (χ0n) is 14.2. The van der Waals surface area contributed by atoms with Crippen LogP contribution in [0.4, 0.5) is 0 Å². The summed E-state index contributed by atoms with van der Waals surface area (Å²) in [6.45, 7) is 2.33. The molecule has 0 spiro atoms. The first-order chi connectivity index (χ1) is 12.5. The van der Waals surface area contributed by atoms with Crippen LogP contribution < -0.4 is 20.7 Å². The van der Waals surface area contributed by atoms with Crippen LogP contribution in [0.15, 0.2) is 55.6 Å². The van der Waals surface area contributed by atoms with Crippen LogP contribution in [0.1, 0.15) is 12.5 Å². The summed E-state index contributed by atoms with van der Waals surface area (Å²) < 4.78 is 12.3. The van der Waals surface area contributed by atoms with Crippen molar-refractivity contribution in [1.82, 2.24) is 9.66 Å². The number of aromatic nitrogens is 2. The number of hydrogen-bond acceptors (Lipinski definition) is 5. The van der Waals surface area contributed by atoms with Crippen molar-refractivity contribution in [2.75, 3.05) is 13.7 Å². The first-order valence-corrected chi connectivity index (χ1v) is 8.63. The quantitative estimate of drug-likeness (QED) is 0.646. The predicted octanol–water partition coefficient (Wildman–Crippen LogP) is 2.74. The van der Waals surface area contributed by atoms with E-state index in [-0.39, 0.29) is 0 Å². The van der Waals surface area contributed by atoms with Crippen molar-refractivity contribution in [1.29, 1.82) is 0 Å². The second kappa shape index (κ2) is 7.57. The number of aromatic amines is 1. The topological polar surface area (TPSA) is 85.7 Å². The lowest BCUT2D eigenvalue weighted by molar-refractivity contribution is 0.310. The molecule has 2 aromatic carbocycles. The Kier molecular flexibility index (Phi) is 5.22. The fourth-order valence-corrected chi connectivity index (χ4v) is 3.13. The van der Waals surface area contributed by atoms with Gasteiger partial charge >= 0.3 is 5.69 Å². The molecule has 0 amide bonds. The van der Waals surface area contributed by atoms with Gasteiger partial charge in [0.15, 0.2) is 11.5 Å². The van der Waals surface area contributed by atoms with Crippen molar-refractivity contribution < 1.29 is 9.47 Å². The molecule has 0 aliphatic rings. The van der Waals surface area contributed by atoms with E-state index in [1.54, 1.807) is 43.5 Å². The minimum Gasteiger partial charge on any atom is -0.492 e. The summed E-state index contributed by atoms with van der Waals surface area (Å²) in [4.78, 5) is 27.3. The van der Waals surface area contributed by atoms with Crippen molar-refractivity contribution in [2.24, 2.45) is 5.10 Å². The Balaban J connectivity index is 2.07. The Labute approximate surface area is 157 Å². The highest BCUT2D eigenvalue weighted by atomic mass is 79.9. The summed E-state index contributed by atoms with van der Waals surface area (Å²) in [5.74, 6) is 1.09. The smallest absolute Gasteiger partial charge is 0.349 e. The molecule has 0 aliphatic carbocycles. The van der Waals surface area contributed by atoms with Crippen LogP contribution in [0, 0.1) is 0 Å². The maximum absolute atomic E-state index is 12.5. The molecule has 7 nitrogen and oxygen atoms in total. The number of para-hydroxylation sites is 1. The first-order valence-electron chi connectivity index (χ1n) is 7.84. The number of rotatable bonds is 5. The van der Waals surface area contributed by atoms with Gasteiger partial charge in [-0.1, -0.05) is 12.1 Å². The number of nitrogens with one attached hydrogen (secondary N) is 1. The summed E-state index contributed by atoms with van der Waals surface area (Å²) >= 11 is 3.41. The molecular weight excluding hydrogens is 402 g/mol. The van der Waals surface area contributed by atoms with Gasteiger partial charge in [0.05, 0.1) is 35.3 Å². The maximum Gasteiger partial charge on any atom is 0.349 e. The van der Waals surface area contributed by atoms with Crippen molar-refractivity contribution >= 4 is 33.0 Å². The summed E-state index contributed by atoms with van der Waals surface area (Å²) in [6, 6.07) is 10.3. The normalized spacial score (nSPS) is 11.2. The number of ether oxygens (including phenoxy) is 2. The van der Waals surface area contributed by atoms with E-state index in [0.717, 1.165) is 4.68 Å². The Hall–Kier alpha value is -2.87. The molecule has 1 N–H and O–H groups in total. The molecule has 0 saturated heterocycles. The number of methoxy groups -OCH3 is 1. The van der Waals surface area contributed by atoms with Gasteiger partial charge in [-0.15, -0.1) is 4.68 Å². The molecule has 0 radical (unpaired) electrons. The monoisotopic (exact) mass is 417 g/mol. The largest absolute Gasteiger partial charge is 0.492 e. The van der Waals surface area contributed by atoms with Gasteiger partial charge in [-0.2, -0.15) is 5.10 Å². The molecule has 0 aliphatic heterocycles. The zero-order valence-corrected chi connectivity index (χ0v) is 15.7. The molecule has 1 aromatic heterocycles. The van der Waals surface area contributed by atoms with E-state index in [4.69, 9.17) is 9.47 Å². The lowest BCUT2D eigenvalue weighted by atomic mass is 10.2. The van der Waals surface area contributed by atoms with E-state index in [0.29, 0.717) is 39.0 Å². The molecule has 3 aromatic rings. The molecule has 3 rings (SSSR count). The maximum atomic E-state index is 12.5. The van der Waals surface area contributed by atoms with Crippen molar-refractivity contribution in [3.05, 3.63) is 67.3 Å².